The van der Waals surface area contributed by atoms with E-state index in [1.807, 2.05) is 19.1 Å². The predicted octanol–water partition coefficient (Wildman–Crippen LogP) is 2.43. The highest BCUT2D eigenvalue weighted by Crippen LogP contribution is 2.21. The number of halogens is 1. The summed E-state index contributed by atoms with van der Waals surface area (Å²) in [6, 6.07) is 12.9. The summed E-state index contributed by atoms with van der Waals surface area (Å²) in [6.45, 7) is 2.23. The van der Waals surface area contributed by atoms with E-state index in [0.29, 0.717) is 18.0 Å². The quantitative estimate of drug-likeness (QED) is 0.908. The molecule has 1 heterocycles. The highest BCUT2D eigenvalue weighted by atomic mass is 19.1. The van der Waals surface area contributed by atoms with Crippen LogP contribution in [0.15, 0.2) is 48.5 Å². The average Bonchev–Trinajstić information content (AvgIpc) is 2.95. The fourth-order valence-corrected chi connectivity index (χ4v) is 2.73. The first-order chi connectivity index (χ1) is 12.0. The van der Waals surface area contributed by atoms with Gasteiger partial charge in [0.2, 0.25) is 5.91 Å². The Hall–Kier alpha value is -2.89. The second kappa shape index (κ2) is 7.34. The van der Waals surface area contributed by atoms with E-state index in [1.54, 1.807) is 29.2 Å². The van der Waals surface area contributed by atoms with Crippen LogP contribution in [0.5, 0.6) is 5.75 Å². The zero-order chi connectivity index (χ0) is 17.8. The van der Waals surface area contributed by atoms with Crippen molar-refractivity contribution in [2.45, 2.75) is 19.4 Å². The first-order valence-electron chi connectivity index (χ1n) is 8.06. The maximum atomic E-state index is 13.0. The summed E-state index contributed by atoms with van der Waals surface area (Å²) in [5.74, 6) is -0.111. The molecule has 0 aliphatic carbocycles. The van der Waals surface area contributed by atoms with Crippen molar-refractivity contribution >= 4 is 17.5 Å². The third-order valence-electron chi connectivity index (χ3n) is 4.02. The van der Waals surface area contributed by atoms with E-state index in [4.69, 9.17) is 4.74 Å². The number of benzene rings is 2. The molecule has 1 fully saturated rings. The number of aryl methyl sites for hydroxylation is 1. The van der Waals surface area contributed by atoms with Crippen LogP contribution in [0.3, 0.4) is 0 Å². The van der Waals surface area contributed by atoms with Crippen molar-refractivity contribution in [2.75, 3.05) is 18.1 Å². The molecular formula is C19H19FN2O3. The van der Waals surface area contributed by atoms with Crippen molar-refractivity contribution in [1.82, 2.24) is 5.32 Å². The third kappa shape index (κ3) is 4.35. The smallest absolute Gasteiger partial charge is 0.258 e. The van der Waals surface area contributed by atoms with Gasteiger partial charge in [-0.25, -0.2) is 4.39 Å². The van der Waals surface area contributed by atoms with Gasteiger partial charge >= 0.3 is 0 Å². The first-order valence-corrected chi connectivity index (χ1v) is 8.06. The zero-order valence-electron chi connectivity index (χ0n) is 13.9. The second-order valence-corrected chi connectivity index (χ2v) is 6.05. The van der Waals surface area contributed by atoms with Gasteiger partial charge in [0.1, 0.15) is 11.6 Å². The maximum Gasteiger partial charge on any atom is 0.258 e. The molecule has 0 aromatic heterocycles. The Kier molecular flexibility index (Phi) is 4.97. The average molecular weight is 342 g/mol. The highest BCUT2D eigenvalue weighted by Gasteiger charge is 2.31. The van der Waals surface area contributed by atoms with Crippen molar-refractivity contribution in [2.24, 2.45) is 0 Å². The number of carbonyl (C=O) groups excluding carboxylic acids is 2. The Balaban J connectivity index is 1.51. The number of hydrogen-bond acceptors (Lipinski definition) is 3. The molecule has 0 bridgehead atoms. The summed E-state index contributed by atoms with van der Waals surface area (Å²) in [6.07, 6.45) is 0.216. The molecule has 2 aromatic carbocycles. The second-order valence-electron chi connectivity index (χ2n) is 6.05. The molecule has 130 valence electrons. The van der Waals surface area contributed by atoms with E-state index in [1.165, 1.54) is 12.1 Å². The summed E-state index contributed by atoms with van der Waals surface area (Å²) in [5, 5.41) is 2.80. The Morgan fingerprint density at radius 3 is 2.56 bits per heavy atom. The number of anilines is 1. The number of hydrogen-bond donors (Lipinski definition) is 1. The number of ether oxygens (including phenoxy) is 1. The molecule has 1 aliphatic heterocycles. The van der Waals surface area contributed by atoms with Crippen LogP contribution in [0.25, 0.3) is 0 Å². The van der Waals surface area contributed by atoms with Crippen molar-refractivity contribution in [3.05, 3.63) is 59.9 Å². The van der Waals surface area contributed by atoms with E-state index in [9.17, 15) is 14.0 Å². The minimum absolute atomic E-state index is 0.101. The van der Waals surface area contributed by atoms with Crippen LogP contribution in [0, 0.1) is 12.7 Å². The Morgan fingerprint density at radius 1 is 1.20 bits per heavy atom. The van der Waals surface area contributed by atoms with Crippen LogP contribution in [0.2, 0.25) is 0 Å². The molecule has 25 heavy (non-hydrogen) atoms. The number of amides is 2. The summed E-state index contributed by atoms with van der Waals surface area (Å²) in [7, 11) is 0. The normalized spacial score (nSPS) is 16.8. The van der Waals surface area contributed by atoms with Gasteiger partial charge < -0.3 is 15.0 Å². The van der Waals surface area contributed by atoms with Gasteiger partial charge in [-0.2, -0.15) is 0 Å². The minimum Gasteiger partial charge on any atom is -0.484 e. The standard InChI is InChI=1S/C19H19FN2O3/c1-13-2-8-17(9-3-13)25-12-18(23)21-15-10-19(24)22(11-15)16-6-4-14(20)5-7-16/h2-9,15H,10-12H2,1H3,(H,21,23)/t15-/m0/s1. The van der Waals surface area contributed by atoms with Crippen molar-refractivity contribution < 1.29 is 18.7 Å². The Labute approximate surface area is 145 Å². The zero-order valence-corrected chi connectivity index (χ0v) is 13.9. The predicted molar refractivity (Wildman–Crippen MR) is 92.0 cm³/mol. The van der Waals surface area contributed by atoms with Gasteiger partial charge in [-0.1, -0.05) is 17.7 Å². The highest BCUT2D eigenvalue weighted by molar-refractivity contribution is 5.96. The van der Waals surface area contributed by atoms with Gasteiger partial charge in [-0.05, 0) is 43.3 Å². The van der Waals surface area contributed by atoms with Gasteiger partial charge in [-0.15, -0.1) is 0 Å². The molecule has 2 amide bonds. The molecule has 2 aromatic rings. The molecule has 1 atom stereocenters. The van der Waals surface area contributed by atoms with Crippen LogP contribution in [0.1, 0.15) is 12.0 Å². The van der Waals surface area contributed by atoms with Gasteiger partial charge in [0.25, 0.3) is 5.91 Å². The number of rotatable bonds is 5. The number of nitrogens with zero attached hydrogens (tertiary/aromatic N) is 1. The molecule has 0 radical (unpaired) electrons. The fraction of sp³-hybridized carbons (Fsp3) is 0.263. The summed E-state index contributed by atoms with van der Waals surface area (Å²) in [4.78, 5) is 25.7. The Bertz CT molecular complexity index is 759. The molecule has 1 aliphatic rings. The number of nitrogens with one attached hydrogen (secondary N) is 1. The van der Waals surface area contributed by atoms with Gasteiger partial charge in [0.15, 0.2) is 6.61 Å². The van der Waals surface area contributed by atoms with Crippen LogP contribution < -0.4 is 15.0 Å². The van der Waals surface area contributed by atoms with E-state index in [0.717, 1.165) is 5.56 Å². The molecular weight excluding hydrogens is 323 g/mol. The van der Waals surface area contributed by atoms with E-state index >= 15 is 0 Å². The largest absolute Gasteiger partial charge is 0.484 e. The lowest BCUT2D eigenvalue weighted by Gasteiger charge is -2.17. The van der Waals surface area contributed by atoms with Crippen molar-refractivity contribution in [3.63, 3.8) is 0 Å². The maximum absolute atomic E-state index is 13.0. The minimum atomic E-state index is -0.353. The van der Waals surface area contributed by atoms with Gasteiger partial charge in [-0.3, -0.25) is 9.59 Å². The first kappa shape index (κ1) is 17.0. The molecule has 1 saturated heterocycles. The SMILES string of the molecule is Cc1ccc(OCC(=O)N[C@H]2CC(=O)N(c3ccc(F)cc3)C2)cc1. The monoisotopic (exact) mass is 342 g/mol. The van der Waals surface area contributed by atoms with Crippen molar-refractivity contribution in [3.8, 4) is 5.75 Å². The van der Waals surface area contributed by atoms with Crippen LogP contribution in [-0.2, 0) is 9.59 Å². The topological polar surface area (TPSA) is 58.6 Å². The lowest BCUT2D eigenvalue weighted by molar-refractivity contribution is -0.123. The fourth-order valence-electron chi connectivity index (χ4n) is 2.73. The summed E-state index contributed by atoms with van der Waals surface area (Å²) < 4.78 is 18.4. The summed E-state index contributed by atoms with van der Waals surface area (Å²) >= 11 is 0. The molecule has 6 heteroatoms. The van der Waals surface area contributed by atoms with E-state index < -0.39 is 0 Å². The van der Waals surface area contributed by atoms with Crippen LogP contribution in [0.4, 0.5) is 10.1 Å². The van der Waals surface area contributed by atoms with Crippen LogP contribution in [-0.4, -0.2) is 31.0 Å². The molecule has 0 unspecified atom stereocenters. The van der Waals surface area contributed by atoms with Crippen LogP contribution >= 0.6 is 0 Å². The molecule has 1 N–H and O–H groups in total. The lowest BCUT2D eigenvalue weighted by Crippen LogP contribution is -2.39. The molecule has 0 saturated carbocycles. The van der Waals surface area contributed by atoms with Gasteiger partial charge in [0.05, 0.1) is 6.04 Å². The summed E-state index contributed by atoms with van der Waals surface area (Å²) in [5.41, 5.74) is 1.74. The van der Waals surface area contributed by atoms with E-state index in [2.05, 4.69) is 5.32 Å². The molecule has 3 rings (SSSR count). The third-order valence-corrected chi connectivity index (χ3v) is 4.02. The van der Waals surface area contributed by atoms with Gasteiger partial charge in [0, 0.05) is 18.7 Å². The van der Waals surface area contributed by atoms with Crippen molar-refractivity contribution in [1.29, 1.82) is 0 Å². The van der Waals surface area contributed by atoms with E-state index in [-0.39, 0.29) is 36.7 Å². The number of carbonyl (C=O) groups is 2. The molecule has 0 spiro atoms. The molecule has 5 nitrogen and oxygen atoms in total. The Morgan fingerprint density at radius 2 is 1.88 bits per heavy atom. The lowest BCUT2D eigenvalue weighted by atomic mass is 10.2.